The van der Waals surface area contributed by atoms with Crippen LogP contribution in [0.2, 0.25) is 0 Å². The number of carbonyl (C=O) groups excluding carboxylic acids is 1. The highest BCUT2D eigenvalue weighted by atomic mass is 32.2. The van der Waals surface area contributed by atoms with Gasteiger partial charge in [0.15, 0.2) is 17.0 Å². The Hall–Kier alpha value is -3.90. The highest BCUT2D eigenvalue weighted by Gasteiger charge is 2.42. The maximum atomic E-state index is 13.9. The first-order valence-electron chi connectivity index (χ1n) is 15.0. The van der Waals surface area contributed by atoms with Gasteiger partial charge in [0.25, 0.3) is 5.91 Å². The van der Waals surface area contributed by atoms with E-state index in [0.29, 0.717) is 30.6 Å². The van der Waals surface area contributed by atoms with Crippen LogP contribution in [0.4, 0.5) is 5.69 Å². The molecule has 4 aromatic carbocycles. The molecule has 2 aliphatic rings. The summed E-state index contributed by atoms with van der Waals surface area (Å²) in [7, 11) is 0. The molecule has 0 bridgehead atoms. The van der Waals surface area contributed by atoms with Crippen molar-refractivity contribution in [1.29, 1.82) is 0 Å². The van der Waals surface area contributed by atoms with E-state index < -0.39 is 0 Å². The Bertz CT molecular complexity index is 1570. The summed E-state index contributed by atoms with van der Waals surface area (Å²) in [5.74, 6) is 1.95. The van der Waals surface area contributed by atoms with Crippen molar-refractivity contribution in [3.05, 3.63) is 107 Å². The summed E-state index contributed by atoms with van der Waals surface area (Å²) < 4.78 is 12.3. The van der Waals surface area contributed by atoms with Crippen molar-refractivity contribution in [1.82, 2.24) is 4.90 Å². The van der Waals surface area contributed by atoms with E-state index in [1.807, 2.05) is 49.4 Å². The predicted molar refractivity (Wildman–Crippen MR) is 174 cm³/mol. The fourth-order valence-corrected chi connectivity index (χ4v) is 7.31. The van der Waals surface area contributed by atoms with Gasteiger partial charge in [0.2, 0.25) is 0 Å². The fourth-order valence-electron chi connectivity index (χ4n) is 6.09. The van der Waals surface area contributed by atoms with Crippen molar-refractivity contribution in [3.63, 3.8) is 0 Å². The molecule has 1 aliphatic heterocycles. The van der Waals surface area contributed by atoms with Crippen molar-refractivity contribution in [3.8, 4) is 11.5 Å². The molecule has 1 heterocycles. The number of fused-ring (bicyclic) bond motifs is 1. The van der Waals surface area contributed by atoms with Gasteiger partial charge in [-0.1, -0.05) is 98.3 Å². The average molecular weight is 579 g/mol. The van der Waals surface area contributed by atoms with Crippen LogP contribution in [0.1, 0.15) is 50.7 Å². The SMILES string of the molecule is CCOc1cc(/C=C2\SC(Nc3ccccc3)N([C@H]3CCCC[C@H]3C)C2=O)ccc1OCc1cccc2ccccc12. The number of ether oxygens (including phenoxy) is 2. The lowest BCUT2D eigenvalue weighted by Crippen LogP contribution is -2.48. The molecule has 3 atom stereocenters. The van der Waals surface area contributed by atoms with Gasteiger partial charge in [0, 0.05) is 11.7 Å². The summed E-state index contributed by atoms with van der Waals surface area (Å²) in [6, 6.07) is 31.0. The Kier molecular flexibility index (Phi) is 8.71. The molecule has 216 valence electrons. The van der Waals surface area contributed by atoms with Crippen LogP contribution in [-0.4, -0.2) is 29.0 Å². The molecule has 6 heteroatoms. The highest BCUT2D eigenvalue weighted by molar-refractivity contribution is 8.05. The summed E-state index contributed by atoms with van der Waals surface area (Å²) in [5.41, 5.74) is 2.92. The van der Waals surface area contributed by atoms with Gasteiger partial charge in [0.05, 0.1) is 11.5 Å². The van der Waals surface area contributed by atoms with Crippen molar-refractivity contribution >= 4 is 40.2 Å². The number of thioether (sulfide) groups is 1. The molecule has 1 aliphatic carbocycles. The third-order valence-electron chi connectivity index (χ3n) is 8.25. The average Bonchev–Trinajstić information content (AvgIpc) is 3.31. The maximum Gasteiger partial charge on any atom is 0.262 e. The van der Waals surface area contributed by atoms with Crippen LogP contribution in [0.25, 0.3) is 16.8 Å². The Labute approximate surface area is 252 Å². The molecule has 2 fully saturated rings. The topological polar surface area (TPSA) is 50.8 Å². The molecule has 1 saturated carbocycles. The number of hydrogen-bond acceptors (Lipinski definition) is 5. The number of nitrogens with zero attached hydrogens (tertiary/aromatic N) is 1. The van der Waals surface area contributed by atoms with E-state index in [1.165, 1.54) is 23.6 Å². The first kappa shape index (κ1) is 28.2. The fraction of sp³-hybridized carbons (Fsp3) is 0.306. The molecule has 0 aromatic heterocycles. The zero-order valence-electron chi connectivity index (χ0n) is 24.3. The van der Waals surface area contributed by atoms with Gasteiger partial charge in [-0.25, -0.2) is 0 Å². The van der Waals surface area contributed by atoms with E-state index in [1.54, 1.807) is 11.8 Å². The van der Waals surface area contributed by atoms with Crippen molar-refractivity contribution in [2.45, 2.75) is 57.7 Å². The lowest BCUT2D eigenvalue weighted by atomic mass is 9.85. The minimum Gasteiger partial charge on any atom is -0.490 e. The minimum atomic E-state index is -0.147. The number of nitrogens with one attached hydrogen (secondary N) is 1. The molecular weight excluding hydrogens is 540 g/mol. The Morgan fingerprint density at radius 2 is 1.69 bits per heavy atom. The second-order valence-corrected chi connectivity index (χ2v) is 12.2. The zero-order valence-corrected chi connectivity index (χ0v) is 25.1. The smallest absolute Gasteiger partial charge is 0.262 e. The van der Waals surface area contributed by atoms with Crippen LogP contribution in [0.5, 0.6) is 11.5 Å². The van der Waals surface area contributed by atoms with Gasteiger partial charge in [-0.05, 0) is 77.9 Å². The molecule has 1 N–H and O–H groups in total. The van der Waals surface area contributed by atoms with Crippen LogP contribution >= 0.6 is 11.8 Å². The van der Waals surface area contributed by atoms with Crippen molar-refractivity contribution < 1.29 is 14.3 Å². The number of para-hydroxylation sites is 1. The van der Waals surface area contributed by atoms with E-state index in [0.717, 1.165) is 34.6 Å². The van der Waals surface area contributed by atoms with Crippen LogP contribution in [0.15, 0.2) is 95.9 Å². The molecule has 4 aromatic rings. The van der Waals surface area contributed by atoms with E-state index in [9.17, 15) is 4.79 Å². The molecule has 1 unspecified atom stereocenters. The van der Waals surface area contributed by atoms with Crippen molar-refractivity contribution in [2.75, 3.05) is 11.9 Å². The van der Waals surface area contributed by atoms with Gasteiger partial charge in [-0.3, -0.25) is 4.79 Å². The molecule has 6 rings (SSSR count). The molecule has 1 saturated heterocycles. The summed E-state index contributed by atoms with van der Waals surface area (Å²) in [4.78, 5) is 16.8. The largest absolute Gasteiger partial charge is 0.490 e. The third kappa shape index (κ3) is 6.14. The van der Waals surface area contributed by atoms with Crippen LogP contribution in [-0.2, 0) is 11.4 Å². The lowest BCUT2D eigenvalue weighted by molar-refractivity contribution is -0.129. The number of hydrogen-bond donors (Lipinski definition) is 1. The second-order valence-electron chi connectivity index (χ2n) is 11.1. The molecule has 0 radical (unpaired) electrons. The highest BCUT2D eigenvalue weighted by Crippen LogP contribution is 2.42. The predicted octanol–water partition coefficient (Wildman–Crippen LogP) is 8.71. The molecular formula is C36H38N2O3S. The Morgan fingerprint density at radius 3 is 2.52 bits per heavy atom. The Balaban J connectivity index is 1.25. The molecule has 5 nitrogen and oxygen atoms in total. The standard InChI is InChI=1S/C36H38N2O3S/c1-3-40-33-22-26(20-21-32(33)41-24-28-15-11-14-27-13-8-9-18-30(27)28)23-34-35(39)38(31-19-10-7-12-25(31)2)36(42-34)37-29-16-5-4-6-17-29/h4-6,8-9,11,13-18,20-23,25,31,36-37H,3,7,10,12,19,24H2,1-2H3/b34-23-/t25-,31+,36?/m1/s1. The van der Waals surface area contributed by atoms with Gasteiger partial charge in [-0.2, -0.15) is 0 Å². The number of amides is 1. The van der Waals surface area contributed by atoms with Gasteiger partial charge in [0.1, 0.15) is 6.61 Å². The zero-order chi connectivity index (χ0) is 28.9. The minimum absolute atomic E-state index is 0.0985. The summed E-state index contributed by atoms with van der Waals surface area (Å²) in [6.07, 6.45) is 6.61. The normalized spacial score (nSPS) is 21.6. The summed E-state index contributed by atoms with van der Waals surface area (Å²) >= 11 is 1.60. The van der Waals surface area contributed by atoms with Gasteiger partial charge < -0.3 is 19.7 Å². The maximum absolute atomic E-state index is 13.9. The van der Waals surface area contributed by atoms with E-state index >= 15 is 0 Å². The molecule has 1 amide bonds. The third-order valence-corrected chi connectivity index (χ3v) is 9.37. The van der Waals surface area contributed by atoms with E-state index in [-0.39, 0.29) is 17.4 Å². The number of anilines is 1. The lowest BCUT2D eigenvalue weighted by Gasteiger charge is -2.39. The molecule has 0 spiro atoms. The summed E-state index contributed by atoms with van der Waals surface area (Å²) in [6.45, 7) is 5.22. The second kappa shape index (κ2) is 13.0. The monoisotopic (exact) mass is 578 g/mol. The van der Waals surface area contributed by atoms with Crippen LogP contribution in [0, 0.1) is 5.92 Å². The van der Waals surface area contributed by atoms with Crippen LogP contribution < -0.4 is 14.8 Å². The van der Waals surface area contributed by atoms with Crippen molar-refractivity contribution in [2.24, 2.45) is 5.92 Å². The van der Waals surface area contributed by atoms with E-state index in [2.05, 4.69) is 71.7 Å². The molecule has 42 heavy (non-hydrogen) atoms. The van der Waals surface area contributed by atoms with Crippen LogP contribution in [0.3, 0.4) is 0 Å². The number of carbonyl (C=O) groups is 1. The van der Waals surface area contributed by atoms with Gasteiger partial charge >= 0.3 is 0 Å². The Morgan fingerprint density at radius 1 is 0.905 bits per heavy atom. The quantitative estimate of drug-likeness (QED) is 0.201. The first-order valence-corrected chi connectivity index (χ1v) is 15.9. The van der Waals surface area contributed by atoms with E-state index in [4.69, 9.17) is 9.47 Å². The first-order chi connectivity index (χ1) is 20.6. The summed E-state index contributed by atoms with van der Waals surface area (Å²) in [5, 5.41) is 6.01. The number of rotatable bonds is 9. The number of benzene rings is 4. The van der Waals surface area contributed by atoms with Gasteiger partial charge in [-0.15, -0.1) is 0 Å².